The summed E-state index contributed by atoms with van der Waals surface area (Å²) >= 11 is 0. The summed E-state index contributed by atoms with van der Waals surface area (Å²) in [7, 11) is 1.61. The average Bonchev–Trinajstić information content (AvgIpc) is 2.48. The Bertz CT molecular complexity index is 629. The number of hydrogen-bond donors (Lipinski definition) is 2. The van der Waals surface area contributed by atoms with Gasteiger partial charge in [-0.25, -0.2) is 0 Å². The Kier molecular flexibility index (Phi) is 4.55. The lowest BCUT2D eigenvalue weighted by Crippen LogP contribution is -2.14. The van der Waals surface area contributed by atoms with E-state index < -0.39 is 0 Å². The molecular weight excluding hydrogens is 256 g/mol. The van der Waals surface area contributed by atoms with Crippen LogP contribution in [-0.4, -0.2) is 18.0 Å². The quantitative estimate of drug-likeness (QED) is 0.874. The first-order valence-electron chi connectivity index (χ1n) is 6.29. The molecule has 0 saturated heterocycles. The number of rotatable bonds is 5. The molecule has 0 aliphatic carbocycles. The Morgan fingerprint density at radius 2 is 2.05 bits per heavy atom. The van der Waals surface area contributed by atoms with E-state index in [9.17, 15) is 9.59 Å². The van der Waals surface area contributed by atoms with Gasteiger partial charge in [0.05, 0.1) is 12.8 Å². The van der Waals surface area contributed by atoms with Crippen molar-refractivity contribution < 1.29 is 9.53 Å². The molecular formula is C15H16N2O3. The molecule has 0 aliphatic heterocycles. The summed E-state index contributed by atoms with van der Waals surface area (Å²) in [5, 5.41) is 2.73. The molecule has 20 heavy (non-hydrogen) atoms. The maximum atomic E-state index is 11.8. The van der Waals surface area contributed by atoms with Crippen molar-refractivity contribution in [2.75, 3.05) is 12.4 Å². The van der Waals surface area contributed by atoms with Crippen molar-refractivity contribution in [3.8, 4) is 5.75 Å². The fourth-order valence-corrected chi connectivity index (χ4v) is 1.87. The molecule has 2 rings (SSSR count). The van der Waals surface area contributed by atoms with Crippen LogP contribution >= 0.6 is 0 Å². The number of anilines is 1. The molecule has 0 saturated carbocycles. The molecule has 0 bridgehead atoms. The minimum Gasteiger partial charge on any atom is -0.496 e. The average molecular weight is 272 g/mol. The van der Waals surface area contributed by atoms with Crippen LogP contribution in [0.5, 0.6) is 5.75 Å². The number of ether oxygens (including phenoxy) is 1. The first-order chi connectivity index (χ1) is 9.69. The number of carbonyl (C=O) groups excluding carboxylic acids is 1. The molecule has 0 atom stereocenters. The maximum absolute atomic E-state index is 11.8. The second kappa shape index (κ2) is 6.56. The number of hydrogen-bond acceptors (Lipinski definition) is 3. The molecule has 0 fully saturated rings. The summed E-state index contributed by atoms with van der Waals surface area (Å²) in [6, 6.07) is 10.6. The zero-order valence-electron chi connectivity index (χ0n) is 11.2. The van der Waals surface area contributed by atoms with Crippen LogP contribution in [-0.2, 0) is 11.2 Å². The normalized spacial score (nSPS) is 10.1. The third kappa shape index (κ3) is 3.71. The smallest absolute Gasteiger partial charge is 0.248 e. The van der Waals surface area contributed by atoms with Crippen molar-refractivity contribution in [1.29, 1.82) is 0 Å². The highest BCUT2D eigenvalue weighted by atomic mass is 16.5. The highest BCUT2D eigenvalue weighted by molar-refractivity contribution is 5.90. The zero-order valence-corrected chi connectivity index (χ0v) is 11.2. The summed E-state index contributed by atoms with van der Waals surface area (Å²) in [4.78, 5) is 25.2. The van der Waals surface area contributed by atoms with Crippen molar-refractivity contribution in [1.82, 2.24) is 4.98 Å². The van der Waals surface area contributed by atoms with Gasteiger partial charge in [-0.2, -0.15) is 0 Å². The molecule has 2 N–H and O–H groups in total. The van der Waals surface area contributed by atoms with Crippen LogP contribution in [0.4, 0.5) is 5.69 Å². The topological polar surface area (TPSA) is 71.2 Å². The predicted octanol–water partition coefficient (Wildman–Crippen LogP) is 1.95. The van der Waals surface area contributed by atoms with Gasteiger partial charge < -0.3 is 15.0 Å². The summed E-state index contributed by atoms with van der Waals surface area (Å²) in [6.45, 7) is 0. The van der Waals surface area contributed by atoms with Crippen molar-refractivity contribution in [3.63, 3.8) is 0 Å². The fourth-order valence-electron chi connectivity index (χ4n) is 1.87. The number of aromatic nitrogens is 1. The Morgan fingerprint density at radius 1 is 1.25 bits per heavy atom. The number of nitrogens with one attached hydrogen (secondary N) is 2. The van der Waals surface area contributed by atoms with Crippen molar-refractivity contribution >= 4 is 11.6 Å². The summed E-state index contributed by atoms with van der Waals surface area (Å²) in [6.07, 6.45) is 2.42. The van der Waals surface area contributed by atoms with E-state index in [1.165, 1.54) is 12.3 Å². The summed E-state index contributed by atoms with van der Waals surface area (Å²) in [5.41, 5.74) is 1.37. The van der Waals surface area contributed by atoms with Gasteiger partial charge in [-0.15, -0.1) is 0 Å². The van der Waals surface area contributed by atoms with E-state index >= 15 is 0 Å². The highest BCUT2D eigenvalue weighted by Crippen LogP contribution is 2.19. The number of aromatic amines is 1. The van der Waals surface area contributed by atoms with E-state index in [0.29, 0.717) is 18.5 Å². The van der Waals surface area contributed by atoms with Gasteiger partial charge in [-0.05, 0) is 24.1 Å². The van der Waals surface area contributed by atoms with Gasteiger partial charge in [0.1, 0.15) is 5.75 Å². The third-order valence-corrected chi connectivity index (χ3v) is 2.88. The van der Waals surface area contributed by atoms with E-state index in [4.69, 9.17) is 4.74 Å². The van der Waals surface area contributed by atoms with E-state index in [2.05, 4.69) is 10.3 Å². The van der Waals surface area contributed by atoms with Gasteiger partial charge in [0.25, 0.3) is 0 Å². The number of pyridine rings is 1. The van der Waals surface area contributed by atoms with Crippen LogP contribution in [0.25, 0.3) is 0 Å². The number of amides is 1. The van der Waals surface area contributed by atoms with Gasteiger partial charge >= 0.3 is 0 Å². The van der Waals surface area contributed by atoms with E-state index in [1.54, 1.807) is 13.2 Å². The predicted molar refractivity (Wildman–Crippen MR) is 77.0 cm³/mol. The Balaban J connectivity index is 1.92. The molecule has 1 aromatic carbocycles. The summed E-state index contributed by atoms with van der Waals surface area (Å²) in [5.74, 6) is 0.673. The zero-order chi connectivity index (χ0) is 14.4. The van der Waals surface area contributed by atoms with Gasteiger partial charge in [0.15, 0.2) is 0 Å². The molecule has 0 unspecified atom stereocenters. The lowest BCUT2D eigenvalue weighted by atomic mass is 10.1. The molecule has 0 radical (unpaired) electrons. The molecule has 2 aromatic rings. The highest BCUT2D eigenvalue weighted by Gasteiger charge is 2.06. The van der Waals surface area contributed by atoms with Crippen LogP contribution < -0.4 is 15.6 Å². The number of para-hydroxylation sites is 1. The van der Waals surface area contributed by atoms with Gasteiger partial charge in [0, 0.05) is 18.7 Å². The monoisotopic (exact) mass is 272 g/mol. The van der Waals surface area contributed by atoms with Crippen LogP contribution in [0.2, 0.25) is 0 Å². The fraction of sp³-hybridized carbons (Fsp3) is 0.200. The van der Waals surface area contributed by atoms with Crippen LogP contribution in [0.15, 0.2) is 47.4 Å². The lowest BCUT2D eigenvalue weighted by Gasteiger charge is -2.08. The molecule has 5 heteroatoms. The number of H-pyrrole nitrogens is 1. The number of methoxy groups -OCH3 is 1. The minimum atomic E-state index is -0.197. The first-order valence-corrected chi connectivity index (χ1v) is 6.29. The number of aryl methyl sites for hydroxylation is 1. The standard InChI is InChI=1S/C15H16N2O3/c1-20-13-5-3-2-4-11(13)6-8-15(19)17-12-7-9-14(18)16-10-12/h2-5,7,9-10H,6,8H2,1H3,(H,16,18)(H,17,19). The molecule has 0 aliphatic rings. The first kappa shape index (κ1) is 13.9. The third-order valence-electron chi connectivity index (χ3n) is 2.88. The van der Waals surface area contributed by atoms with Crippen LogP contribution in [0, 0.1) is 0 Å². The number of benzene rings is 1. The second-order valence-electron chi connectivity index (χ2n) is 4.30. The maximum Gasteiger partial charge on any atom is 0.248 e. The minimum absolute atomic E-state index is 0.108. The molecule has 1 aromatic heterocycles. The van der Waals surface area contributed by atoms with Gasteiger partial charge in [0.2, 0.25) is 11.5 Å². The molecule has 104 valence electrons. The van der Waals surface area contributed by atoms with Gasteiger partial charge in [-0.1, -0.05) is 18.2 Å². The molecule has 1 amide bonds. The Labute approximate surface area is 116 Å². The SMILES string of the molecule is COc1ccccc1CCC(=O)Nc1ccc(=O)[nH]c1. The van der Waals surface area contributed by atoms with Crippen molar-refractivity contribution in [2.45, 2.75) is 12.8 Å². The van der Waals surface area contributed by atoms with Crippen LogP contribution in [0.3, 0.4) is 0 Å². The van der Waals surface area contributed by atoms with E-state index in [1.807, 2.05) is 24.3 Å². The molecule has 0 spiro atoms. The summed E-state index contributed by atoms with van der Waals surface area (Å²) < 4.78 is 5.24. The number of carbonyl (C=O) groups is 1. The molecule has 5 nitrogen and oxygen atoms in total. The van der Waals surface area contributed by atoms with Crippen molar-refractivity contribution in [2.24, 2.45) is 0 Å². The lowest BCUT2D eigenvalue weighted by molar-refractivity contribution is -0.116. The van der Waals surface area contributed by atoms with Crippen molar-refractivity contribution in [3.05, 3.63) is 58.5 Å². The van der Waals surface area contributed by atoms with Gasteiger partial charge in [-0.3, -0.25) is 9.59 Å². The van der Waals surface area contributed by atoms with Crippen LogP contribution in [0.1, 0.15) is 12.0 Å². The molecule has 1 heterocycles. The van der Waals surface area contributed by atoms with E-state index in [-0.39, 0.29) is 11.5 Å². The largest absolute Gasteiger partial charge is 0.496 e. The second-order valence-corrected chi connectivity index (χ2v) is 4.30. The van der Waals surface area contributed by atoms with E-state index in [0.717, 1.165) is 11.3 Å². The Morgan fingerprint density at radius 3 is 2.75 bits per heavy atom. The Hall–Kier alpha value is -2.56.